The van der Waals surface area contributed by atoms with Gasteiger partial charge in [0.2, 0.25) is 0 Å². The molecule has 2 aromatic rings. The zero-order valence-corrected chi connectivity index (χ0v) is 9.00. The first-order valence-electron chi connectivity index (χ1n) is 5.58. The van der Waals surface area contributed by atoms with Gasteiger partial charge in [0.05, 0.1) is 23.3 Å². The molecule has 0 spiro atoms. The molecule has 0 bridgehead atoms. The van der Waals surface area contributed by atoms with Gasteiger partial charge in [-0.3, -0.25) is 4.98 Å². The van der Waals surface area contributed by atoms with Crippen molar-refractivity contribution in [2.75, 3.05) is 0 Å². The van der Waals surface area contributed by atoms with Crippen molar-refractivity contribution in [3.63, 3.8) is 0 Å². The third-order valence-corrected chi connectivity index (χ3v) is 2.89. The van der Waals surface area contributed by atoms with Crippen LogP contribution in [0, 0.1) is 0 Å². The van der Waals surface area contributed by atoms with E-state index in [1.807, 2.05) is 29.2 Å². The summed E-state index contributed by atoms with van der Waals surface area (Å²) in [5.74, 6) is 0.692. The predicted molar refractivity (Wildman–Crippen MR) is 61.2 cm³/mol. The molecule has 0 amide bonds. The van der Waals surface area contributed by atoms with Crippen LogP contribution in [0.15, 0.2) is 30.6 Å². The summed E-state index contributed by atoms with van der Waals surface area (Å²) < 4.78 is 1.88. The fraction of sp³-hybridized carbons (Fsp3) is 0.333. The Hall–Kier alpha value is -1.68. The van der Waals surface area contributed by atoms with Crippen LogP contribution in [0.25, 0.3) is 5.69 Å². The number of hydrogen-bond donors (Lipinski definition) is 1. The van der Waals surface area contributed by atoms with Crippen molar-refractivity contribution in [2.45, 2.75) is 25.3 Å². The Morgan fingerprint density at radius 3 is 2.81 bits per heavy atom. The van der Waals surface area contributed by atoms with Crippen molar-refractivity contribution in [3.05, 3.63) is 42.0 Å². The molecule has 3 rings (SSSR count). The Bertz CT molecular complexity index is 482. The molecule has 1 aliphatic carbocycles. The number of rotatable bonds is 3. The van der Waals surface area contributed by atoms with Crippen LogP contribution < -0.4 is 5.73 Å². The molecule has 2 N–H and O–H groups in total. The third kappa shape index (κ3) is 1.72. The van der Waals surface area contributed by atoms with Crippen LogP contribution in [0.3, 0.4) is 0 Å². The lowest BCUT2D eigenvalue weighted by Gasteiger charge is -2.01. The summed E-state index contributed by atoms with van der Waals surface area (Å²) in [6.07, 6.45) is 6.36. The van der Waals surface area contributed by atoms with Gasteiger partial charge in [0.1, 0.15) is 0 Å². The average molecular weight is 214 g/mol. The van der Waals surface area contributed by atoms with E-state index in [4.69, 9.17) is 5.73 Å². The second-order valence-corrected chi connectivity index (χ2v) is 4.17. The van der Waals surface area contributed by atoms with E-state index in [-0.39, 0.29) is 0 Å². The van der Waals surface area contributed by atoms with E-state index in [0.717, 1.165) is 11.4 Å². The molecule has 2 aromatic heterocycles. The lowest BCUT2D eigenvalue weighted by Crippen LogP contribution is -2.01. The fourth-order valence-electron chi connectivity index (χ4n) is 1.75. The number of pyridine rings is 1. The smallest absolute Gasteiger partial charge is 0.0829 e. The molecular formula is C12H14N4. The minimum Gasteiger partial charge on any atom is -0.325 e. The maximum absolute atomic E-state index is 5.51. The second-order valence-electron chi connectivity index (χ2n) is 4.17. The van der Waals surface area contributed by atoms with Gasteiger partial charge in [-0.25, -0.2) is 4.68 Å². The van der Waals surface area contributed by atoms with E-state index in [1.165, 1.54) is 18.5 Å². The number of nitrogens with two attached hydrogens (primary N) is 1. The molecule has 1 saturated carbocycles. The molecule has 0 aromatic carbocycles. The number of aromatic nitrogens is 3. The minimum absolute atomic E-state index is 0.479. The summed E-state index contributed by atoms with van der Waals surface area (Å²) in [5.41, 5.74) is 8.59. The van der Waals surface area contributed by atoms with Crippen LogP contribution >= 0.6 is 0 Å². The van der Waals surface area contributed by atoms with E-state index in [1.54, 1.807) is 0 Å². The topological polar surface area (TPSA) is 56.7 Å². The molecule has 4 nitrogen and oxygen atoms in total. The van der Waals surface area contributed by atoms with Gasteiger partial charge in [-0.1, -0.05) is 0 Å². The summed E-state index contributed by atoms with van der Waals surface area (Å²) >= 11 is 0. The molecule has 0 saturated heterocycles. The Kier molecular flexibility index (Phi) is 2.22. The van der Waals surface area contributed by atoms with Crippen LogP contribution in [0.1, 0.15) is 30.1 Å². The zero-order valence-electron chi connectivity index (χ0n) is 9.00. The van der Waals surface area contributed by atoms with Gasteiger partial charge in [0.15, 0.2) is 0 Å². The summed E-state index contributed by atoms with van der Waals surface area (Å²) in [7, 11) is 0. The van der Waals surface area contributed by atoms with Crippen molar-refractivity contribution in [1.82, 2.24) is 14.8 Å². The van der Waals surface area contributed by atoms with Crippen LogP contribution in [0.4, 0.5) is 0 Å². The maximum Gasteiger partial charge on any atom is 0.0829 e. The van der Waals surface area contributed by atoms with Crippen molar-refractivity contribution in [2.24, 2.45) is 5.73 Å². The van der Waals surface area contributed by atoms with Gasteiger partial charge in [-0.2, -0.15) is 5.10 Å². The van der Waals surface area contributed by atoms with Gasteiger partial charge < -0.3 is 5.73 Å². The van der Waals surface area contributed by atoms with E-state index >= 15 is 0 Å². The molecule has 0 radical (unpaired) electrons. The lowest BCUT2D eigenvalue weighted by molar-refractivity contribution is 0.829. The Morgan fingerprint density at radius 2 is 2.19 bits per heavy atom. The fourth-order valence-corrected chi connectivity index (χ4v) is 1.75. The van der Waals surface area contributed by atoms with Gasteiger partial charge in [-0.05, 0) is 31.0 Å². The molecule has 16 heavy (non-hydrogen) atoms. The second kappa shape index (κ2) is 3.72. The van der Waals surface area contributed by atoms with Gasteiger partial charge in [-0.15, -0.1) is 0 Å². The van der Waals surface area contributed by atoms with Crippen LogP contribution in [0.2, 0.25) is 0 Å². The molecule has 1 aliphatic rings. The minimum atomic E-state index is 0.479. The van der Waals surface area contributed by atoms with Crippen LogP contribution in [-0.4, -0.2) is 14.8 Å². The van der Waals surface area contributed by atoms with E-state index in [0.29, 0.717) is 12.5 Å². The van der Waals surface area contributed by atoms with E-state index in [9.17, 15) is 0 Å². The first kappa shape index (κ1) is 9.54. The van der Waals surface area contributed by atoms with Crippen molar-refractivity contribution in [3.8, 4) is 5.69 Å². The van der Waals surface area contributed by atoms with E-state index in [2.05, 4.69) is 16.1 Å². The third-order valence-electron chi connectivity index (χ3n) is 2.89. The van der Waals surface area contributed by atoms with Crippen molar-refractivity contribution >= 4 is 0 Å². The highest BCUT2D eigenvalue weighted by molar-refractivity contribution is 5.29. The van der Waals surface area contributed by atoms with Gasteiger partial charge in [0.25, 0.3) is 0 Å². The zero-order chi connectivity index (χ0) is 11.0. The first-order valence-corrected chi connectivity index (χ1v) is 5.58. The molecule has 4 heteroatoms. The van der Waals surface area contributed by atoms with Gasteiger partial charge in [0, 0.05) is 18.7 Å². The number of nitrogens with zero attached hydrogens (tertiary/aromatic N) is 3. The summed E-state index contributed by atoms with van der Waals surface area (Å²) in [4.78, 5) is 4.26. The average Bonchev–Trinajstić information content (AvgIpc) is 3.08. The van der Waals surface area contributed by atoms with Crippen molar-refractivity contribution in [1.29, 1.82) is 0 Å². The molecule has 0 unspecified atom stereocenters. The monoisotopic (exact) mass is 214 g/mol. The Morgan fingerprint density at radius 1 is 1.31 bits per heavy atom. The molecular weight excluding hydrogens is 200 g/mol. The summed E-state index contributed by atoms with van der Waals surface area (Å²) in [6, 6.07) is 6.03. The highest BCUT2D eigenvalue weighted by Crippen LogP contribution is 2.38. The van der Waals surface area contributed by atoms with Gasteiger partial charge >= 0.3 is 0 Å². The highest BCUT2D eigenvalue weighted by Gasteiger charge is 2.25. The lowest BCUT2D eigenvalue weighted by atomic mass is 10.3. The van der Waals surface area contributed by atoms with Crippen LogP contribution in [-0.2, 0) is 6.54 Å². The highest BCUT2D eigenvalue weighted by atomic mass is 15.3. The molecule has 0 atom stereocenters. The quantitative estimate of drug-likeness (QED) is 0.844. The normalized spacial score (nSPS) is 15.3. The molecule has 2 heterocycles. The van der Waals surface area contributed by atoms with E-state index < -0.39 is 0 Å². The Balaban J connectivity index is 1.88. The number of hydrogen-bond acceptors (Lipinski definition) is 3. The molecule has 1 fully saturated rings. The SMILES string of the molecule is NCc1ccc(-n2ccc(C3CC3)n2)cn1. The first-order chi connectivity index (χ1) is 7.86. The Labute approximate surface area is 94.1 Å². The summed E-state index contributed by atoms with van der Waals surface area (Å²) in [6.45, 7) is 0.479. The molecule has 82 valence electrons. The van der Waals surface area contributed by atoms with Crippen LogP contribution in [0.5, 0.6) is 0 Å². The molecule has 0 aliphatic heterocycles. The predicted octanol–water partition coefficient (Wildman–Crippen LogP) is 1.60. The standard InChI is InChI=1S/C12H14N4/c13-7-10-3-4-11(8-14-10)16-6-5-12(15-16)9-1-2-9/h3-6,8-9H,1-2,7,13H2. The summed E-state index contributed by atoms with van der Waals surface area (Å²) in [5, 5.41) is 4.54. The van der Waals surface area contributed by atoms with Crippen molar-refractivity contribution < 1.29 is 0 Å². The maximum atomic E-state index is 5.51. The largest absolute Gasteiger partial charge is 0.325 e.